The lowest BCUT2D eigenvalue weighted by atomic mass is 10.2. The minimum Gasteiger partial charge on any atom is -0.318 e. The molecule has 0 bridgehead atoms. The number of halogens is 2. The zero-order valence-electron chi connectivity index (χ0n) is 10.9. The van der Waals surface area contributed by atoms with Gasteiger partial charge >= 0.3 is 0 Å². The summed E-state index contributed by atoms with van der Waals surface area (Å²) in [6.45, 7) is 2.04. The Labute approximate surface area is 125 Å². The Hall–Kier alpha value is -1.46. The predicted molar refractivity (Wildman–Crippen MR) is 80.0 cm³/mol. The summed E-state index contributed by atoms with van der Waals surface area (Å²) in [7, 11) is 0. The number of nitrogens with zero attached hydrogens (tertiary/aromatic N) is 3. The van der Waals surface area contributed by atoms with E-state index in [4.69, 9.17) is 11.6 Å². The molecule has 3 rings (SSSR count). The summed E-state index contributed by atoms with van der Waals surface area (Å²) < 4.78 is 15.6. The summed E-state index contributed by atoms with van der Waals surface area (Å²) in [5.74, 6) is 1.09. The van der Waals surface area contributed by atoms with Gasteiger partial charge in [0.15, 0.2) is 0 Å². The first-order valence-corrected chi connectivity index (χ1v) is 7.74. The number of fused-ring (bicyclic) bond motifs is 1. The number of thiazole rings is 1. The number of aromatic nitrogens is 3. The van der Waals surface area contributed by atoms with Crippen molar-refractivity contribution in [3.63, 3.8) is 0 Å². The third kappa shape index (κ3) is 2.31. The molecule has 2 heterocycles. The molecule has 3 nitrogen and oxygen atoms in total. The van der Waals surface area contributed by atoms with Gasteiger partial charge in [0.1, 0.15) is 16.6 Å². The van der Waals surface area contributed by atoms with E-state index in [1.165, 1.54) is 12.1 Å². The van der Waals surface area contributed by atoms with E-state index in [1.807, 2.05) is 16.9 Å². The zero-order chi connectivity index (χ0) is 14.1. The van der Waals surface area contributed by atoms with Crippen LogP contribution in [0.15, 0.2) is 29.8 Å². The first-order chi connectivity index (χ1) is 9.70. The minimum absolute atomic E-state index is 0.0139. The van der Waals surface area contributed by atoms with Gasteiger partial charge in [0.05, 0.1) is 17.1 Å². The molecule has 0 spiro atoms. The Morgan fingerprint density at radius 1 is 1.45 bits per heavy atom. The lowest BCUT2D eigenvalue weighted by Crippen LogP contribution is -2.11. The molecule has 0 aliphatic rings. The maximum atomic E-state index is 13.5. The lowest BCUT2D eigenvalue weighted by molar-refractivity contribution is 0.611. The quantitative estimate of drug-likeness (QED) is 0.681. The van der Waals surface area contributed by atoms with Crippen LogP contribution in [0.25, 0.3) is 11.0 Å². The van der Waals surface area contributed by atoms with E-state index >= 15 is 0 Å². The molecule has 6 heteroatoms. The van der Waals surface area contributed by atoms with Crippen molar-refractivity contribution < 1.29 is 4.39 Å². The highest BCUT2D eigenvalue weighted by atomic mass is 35.5. The fraction of sp³-hybridized carbons (Fsp3) is 0.286. The molecule has 1 atom stereocenters. The van der Waals surface area contributed by atoms with E-state index in [2.05, 4.69) is 9.97 Å². The molecule has 0 radical (unpaired) electrons. The Kier molecular flexibility index (Phi) is 3.72. The molecule has 0 fully saturated rings. The minimum atomic E-state index is -0.262. The van der Waals surface area contributed by atoms with Gasteiger partial charge in [0.25, 0.3) is 0 Å². The van der Waals surface area contributed by atoms with Crippen LogP contribution in [0.4, 0.5) is 4.39 Å². The molecular formula is C14H13ClFN3S. The van der Waals surface area contributed by atoms with Gasteiger partial charge in [0.2, 0.25) is 0 Å². The predicted octanol–water partition coefficient (Wildman–Crippen LogP) is 4.02. The maximum absolute atomic E-state index is 13.5. The van der Waals surface area contributed by atoms with Crippen molar-refractivity contribution in [3.8, 4) is 0 Å². The van der Waals surface area contributed by atoms with Crippen LogP contribution >= 0.6 is 22.9 Å². The third-order valence-corrected chi connectivity index (χ3v) is 4.37. The summed E-state index contributed by atoms with van der Waals surface area (Å²) in [6, 6.07) is 4.66. The summed E-state index contributed by atoms with van der Waals surface area (Å²) in [5, 5.41) is 2.91. The van der Waals surface area contributed by atoms with Gasteiger partial charge < -0.3 is 4.57 Å². The third-order valence-electron chi connectivity index (χ3n) is 3.24. The van der Waals surface area contributed by atoms with Crippen molar-refractivity contribution in [3.05, 3.63) is 46.4 Å². The van der Waals surface area contributed by atoms with E-state index in [1.54, 1.807) is 23.6 Å². The van der Waals surface area contributed by atoms with Crippen molar-refractivity contribution in [1.29, 1.82) is 0 Å². The normalized spacial score (nSPS) is 12.9. The SMILES string of the molecule is CC(c1nccs1)n1c(CCCl)nc2ccc(F)cc21. The van der Waals surface area contributed by atoms with Gasteiger partial charge in [-0.05, 0) is 25.1 Å². The zero-order valence-corrected chi connectivity index (χ0v) is 12.5. The highest BCUT2D eigenvalue weighted by molar-refractivity contribution is 7.09. The average Bonchev–Trinajstić information content (AvgIpc) is 3.05. The molecule has 1 unspecified atom stereocenters. The molecule has 0 saturated heterocycles. The molecule has 3 aromatic rings. The molecule has 2 aromatic heterocycles. The number of alkyl halides is 1. The number of hydrogen-bond acceptors (Lipinski definition) is 3. The Bertz CT molecular complexity index is 723. The first-order valence-electron chi connectivity index (χ1n) is 6.32. The van der Waals surface area contributed by atoms with E-state index in [-0.39, 0.29) is 11.9 Å². The van der Waals surface area contributed by atoms with Crippen molar-refractivity contribution in [2.24, 2.45) is 0 Å². The Morgan fingerprint density at radius 3 is 3.00 bits per heavy atom. The van der Waals surface area contributed by atoms with Crippen LogP contribution in [0, 0.1) is 5.82 Å². The van der Waals surface area contributed by atoms with Crippen molar-refractivity contribution in [2.45, 2.75) is 19.4 Å². The fourth-order valence-electron chi connectivity index (χ4n) is 2.36. The number of rotatable bonds is 4. The van der Waals surface area contributed by atoms with Gasteiger partial charge in [-0.25, -0.2) is 14.4 Å². The molecule has 0 aliphatic heterocycles. The molecule has 1 aromatic carbocycles. The van der Waals surface area contributed by atoms with Crippen LogP contribution < -0.4 is 0 Å². The highest BCUT2D eigenvalue weighted by Gasteiger charge is 2.19. The van der Waals surface area contributed by atoms with E-state index < -0.39 is 0 Å². The number of aryl methyl sites for hydroxylation is 1. The van der Waals surface area contributed by atoms with E-state index in [0.29, 0.717) is 12.3 Å². The van der Waals surface area contributed by atoms with E-state index in [9.17, 15) is 4.39 Å². The van der Waals surface area contributed by atoms with Crippen LogP contribution in [-0.4, -0.2) is 20.4 Å². The van der Waals surface area contributed by atoms with Crippen molar-refractivity contribution in [2.75, 3.05) is 5.88 Å². The number of hydrogen-bond donors (Lipinski definition) is 0. The van der Waals surface area contributed by atoms with Crippen molar-refractivity contribution in [1.82, 2.24) is 14.5 Å². The van der Waals surface area contributed by atoms with E-state index in [0.717, 1.165) is 21.9 Å². The smallest absolute Gasteiger partial charge is 0.125 e. The van der Waals surface area contributed by atoms with Crippen LogP contribution in [0.5, 0.6) is 0 Å². The second kappa shape index (κ2) is 5.50. The topological polar surface area (TPSA) is 30.7 Å². The van der Waals surface area contributed by atoms with Gasteiger partial charge in [-0.15, -0.1) is 22.9 Å². The fourth-order valence-corrected chi connectivity index (χ4v) is 3.21. The maximum Gasteiger partial charge on any atom is 0.125 e. The lowest BCUT2D eigenvalue weighted by Gasteiger charge is -2.15. The van der Waals surface area contributed by atoms with Crippen LogP contribution in [0.2, 0.25) is 0 Å². The molecule has 0 amide bonds. The monoisotopic (exact) mass is 309 g/mol. The van der Waals surface area contributed by atoms with Gasteiger partial charge in [0, 0.05) is 23.9 Å². The largest absolute Gasteiger partial charge is 0.318 e. The van der Waals surface area contributed by atoms with Gasteiger partial charge in [-0.3, -0.25) is 0 Å². The first kappa shape index (κ1) is 13.5. The Morgan fingerprint density at radius 2 is 2.30 bits per heavy atom. The van der Waals surface area contributed by atoms with Gasteiger partial charge in [-0.1, -0.05) is 0 Å². The second-order valence-corrected chi connectivity index (χ2v) is 5.82. The molecule has 20 heavy (non-hydrogen) atoms. The molecule has 104 valence electrons. The average molecular weight is 310 g/mol. The Balaban J connectivity index is 2.19. The van der Waals surface area contributed by atoms with Gasteiger partial charge in [-0.2, -0.15) is 0 Å². The van der Waals surface area contributed by atoms with Crippen LogP contribution in [-0.2, 0) is 6.42 Å². The highest BCUT2D eigenvalue weighted by Crippen LogP contribution is 2.28. The summed E-state index contributed by atoms with van der Waals surface area (Å²) >= 11 is 7.44. The molecule has 0 aliphatic carbocycles. The van der Waals surface area contributed by atoms with Crippen LogP contribution in [0.3, 0.4) is 0 Å². The standard InChI is InChI=1S/C14H13ClFN3S/c1-9(14-17-6-7-20-14)19-12-8-10(16)2-3-11(12)18-13(19)4-5-15/h2-3,6-9H,4-5H2,1H3. The summed E-state index contributed by atoms with van der Waals surface area (Å²) in [6.07, 6.45) is 2.42. The summed E-state index contributed by atoms with van der Waals surface area (Å²) in [5.41, 5.74) is 1.57. The van der Waals surface area contributed by atoms with Crippen LogP contribution in [0.1, 0.15) is 23.8 Å². The molecule has 0 saturated carbocycles. The second-order valence-electron chi connectivity index (χ2n) is 4.52. The molecule has 0 N–H and O–H groups in total. The number of benzene rings is 1. The molecular weight excluding hydrogens is 297 g/mol. The summed E-state index contributed by atoms with van der Waals surface area (Å²) in [4.78, 5) is 8.91. The number of imidazole rings is 1. The van der Waals surface area contributed by atoms with Crippen molar-refractivity contribution >= 4 is 34.0 Å².